The summed E-state index contributed by atoms with van der Waals surface area (Å²) in [5, 5.41) is 11.3. The van der Waals surface area contributed by atoms with Crippen LogP contribution < -0.4 is 16.8 Å². The lowest BCUT2D eigenvalue weighted by Crippen LogP contribution is -2.64. The van der Waals surface area contributed by atoms with Gasteiger partial charge in [-0.3, -0.25) is 4.79 Å². The summed E-state index contributed by atoms with van der Waals surface area (Å²) in [6.45, 7) is 6.79. The number of alkyl halides is 3. The summed E-state index contributed by atoms with van der Waals surface area (Å²) in [7, 11) is 2.59. The molecule has 1 fully saturated rings. The number of aliphatic hydroxyl groups is 1. The molecule has 0 aromatic rings. The third-order valence-electron chi connectivity index (χ3n) is 3.76. The molecule has 1 aliphatic rings. The molecule has 1 rings (SSSR count). The van der Waals surface area contributed by atoms with Crippen molar-refractivity contribution in [1.29, 1.82) is 0 Å². The van der Waals surface area contributed by atoms with Crippen molar-refractivity contribution in [2.75, 3.05) is 20.8 Å². The van der Waals surface area contributed by atoms with Crippen molar-refractivity contribution < 1.29 is 32.5 Å². The van der Waals surface area contributed by atoms with Crippen molar-refractivity contribution in [2.24, 2.45) is 11.5 Å². The summed E-state index contributed by atoms with van der Waals surface area (Å²) < 4.78 is 50.8. The van der Waals surface area contributed by atoms with Crippen molar-refractivity contribution in [3.8, 4) is 0 Å². The Balaban J connectivity index is 0. The van der Waals surface area contributed by atoms with Crippen LogP contribution in [0.15, 0.2) is 0 Å². The maximum Gasteiger partial charge on any atom is 0.294 e. The Bertz CT molecular complexity index is 392. The van der Waals surface area contributed by atoms with Crippen LogP contribution in [0.4, 0.5) is 13.2 Å². The molecule has 6 N–H and O–H groups in total. The lowest BCUT2D eigenvalue weighted by Gasteiger charge is -2.41. The summed E-state index contributed by atoms with van der Waals surface area (Å²) >= 11 is 0. The van der Waals surface area contributed by atoms with Crippen molar-refractivity contribution in [1.82, 2.24) is 5.32 Å². The summed E-state index contributed by atoms with van der Waals surface area (Å²) in [5.74, 6) is -5.22. The molecule has 10 heteroatoms. The highest BCUT2D eigenvalue weighted by Crippen LogP contribution is 2.26. The number of methoxy groups -OCH3 is 2. The van der Waals surface area contributed by atoms with E-state index < -0.39 is 54.9 Å². The second-order valence-corrected chi connectivity index (χ2v) is 5.23. The van der Waals surface area contributed by atoms with Gasteiger partial charge < -0.3 is 31.4 Å². The number of ether oxygens (including phenoxy) is 2. The summed E-state index contributed by atoms with van der Waals surface area (Å²) in [6.07, 6.45) is -6.24. The van der Waals surface area contributed by atoms with Crippen molar-refractivity contribution in [3.63, 3.8) is 0 Å². The van der Waals surface area contributed by atoms with E-state index in [1.54, 1.807) is 0 Å². The Labute approximate surface area is 153 Å². The van der Waals surface area contributed by atoms with Crippen LogP contribution in [0.5, 0.6) is 0 Å². The third-order valence-corrected chi connectivity index (χ3v) is 3.76. The van der Waals surface area contributed by atoms with Crippen LogP contribution in [0, 0.1) is 0 Å². The number of amides is 1. The molecule has 0 bridgehead atoms. The van der Waals surface area contributed by atoms with Crippen molar-refractivity contribution >= 4 is 5.91 Å². The normalized spacial score (nSPS) is 29.5. The first kappa shape index (κ1) is 27.3. The Morgan fingerprint density at radius 3 is 2.08 bits per heavy atom. The molecule has 0 aromatic carbocycles. The molecule has 26 heavy (non-hydrogen) atoms. The van der Waals surface area contributed by atoms with Crippen LogP contribution >= 0.6 is 0 Å². The van der Waals surface area contributed by atoms with E-state index in [2.05, 4.69) is 0 Å². The zero-order chi connectivity index (χ0) is 21.1. The Morgan fingerprint density at radius 1 is 1.23 bits per heavy atom. The fourth-order valence-corrected chi connectivity index (χ4v) is 2.49. The molecule has 0 heterocycles. The maximum atomic E-state index is 14.4. The second kappa shape index (κ2) is 13.3. The molecule has 2 unspecified atom stereocenters. The predicted octanol–water partition coefficient (Wildman–Crippen LogP) is 0.578. The first-order valence-corrected chi connectivity index (χ1v) is 8.71. The fraction of sp³-hybridized carbons (Fsp3) is 0.938. The van der Waals surface area contributed by atoms with E-state index in [1.165, 1.54) is 14.2 Å². The van der Waals surface area contributed by atoms with Crippen LogP contribution in [-0.2, 0) is 14.3 Å². The molecule has 0 aromatic heterocycles. The number of halogens is 3. The highest BCUT2D eigenvalue weighted by Gasteiger charge is 2.48. The Hall–Kier alpha value is -0.940. The zero-order valence-electron chi connectivity index (χ0n) is 16.3. The van der Waals surface area contributed by atoms with Gasteiger partial charge in [-0.15, -0.1) is 0 Å². The average molecular weight is 389 g/mol. The van der Waals surface area contributed by atoms with Gasteiger partial charge in [-0.25, -0.2) is 13.2 Å². The van der Waals surface area contributed by atoms with E-state index in [1.807, 2.05) is 33.0 Å². The van der Waals surface area contributed by atoms with Crippen LogP contribution in [0.25, 0.3) is 0 Å². The highest BCUT2D eigenvalue weighted by molar-refractivity contribution is 5.82. The van der Waals surface area contributed by atoms with Crippen LogP contribution in [0.1, 0.15) is 34.1 Å². The smallest absolute Gasteiger partial charge is 0.294 e. The van der Waals surface area contributed by atoms with Gasteiger partial charge in [0.1, 0.15) is 18.4 Å². The number of carbonyl (C=O) groups is 1. The number of nitrogens with one attached hydrogen (secondary N) is 1. The second-order valence-electron chi connectivity index (χ2n) is 5.23. The molecular weight excluding hydrogens is 355 g/mol. The molecule has 7 nitrogen and oxygen atoms in total. The van der Waals surface area contributed by atoms with E-state index in [9.17, 15) is 23.1 Å². The van der Waals surface area contributed by atoms with Gasteiger partial charge >= 0.3 is 0 Å². The minimum absolute atomic E-state index is 0.0494. The van der Waals surface area contributed by atoms with Gasteiger partial charge in [0.05, 0.1) is 12.6 Å². The number of rotatable bonds is 6. The Morgan fingerprint density at radius 2 is 1.69 bits per heavy atom. The number of hydrogen-bond donors (Lipinski definition) is 4. The minimum Gasteiger partial charge on any atom is -0.378 e. The molecule has 1 saturated carbocycles. The van der Waals surface area contributed by atoms with E-state index in [-0.39, 0.29) is 6.42 Å². The molecule has 1 amide bonds. The fourth-order valence-electron chi connectivity index (χ4n) is 2.49. The lowest BCUT2D eigenvalue weighted by atomic mass is 9.84. The van der Waals surface area contributed by atoms with E-state index in [0.717, 1.165) is 0 Å². The first-order chi connectivity index (χ1) is 12.2. The molecule has 1 aliphatic carbocycles. The number of aliphatic hydroxyl groups excluding tert-OH is 1. The largest absolute Gasteiger partial charge is 0.378 e. The van der Waals surface area contributed by atoms with Crippen molar-refractivity contribution in [3.05, 3.63) is 0 Å². The van der Waals surface area contributed by atoms with E-state index in [0.29, 0.717) is 0 Å². The zero-order valence-corrected chi connectivity index (χ0v) is 16.3. The van der Waals surface area contributed by atoms with E-state index >= 15 is 0 Å². The molecule has 0 radical (unpaired) electrons. The minimum atomic E-state index is -3.80. The first-order valence-electron chi connectivity index (χ1n) is 8.71. The molecule has 0 aliphatic heterocycles. The average Bonchev–Trinajstić information content (AvgIpc) is 2.66. The monoisotopic (exact) mass is 389 g/mol. The number of carbonyl (C=O) groups excluding carboxylic acids is 1. The van der Waals surface area contributed by atoms with E-state index in [4.69, 9.17) is 20.9 Å². The maximum absolute atomic E-state index is 14.4. The van der Waals surface area contributed by atoms with Gasteiger partial charge in [0, 0.05) is 20.3 Å². The van der Waals surface area contributed by atoms with Gasteiger partial charge in [-0.1, -0.05) is 27.7 Å². The predicted molar refractivity (Wildman–Crippen MR) is 93.7 cm³/mol. The summed E-state index contributed by atoms with van der Waals surface area (Å²) in [6, 6.07) is -1.85. The topological polar surface area (TPSA) is 120 Å². The molecule has 158 valence electrons. The number of nitrogens with two attached hydrogens (primary N) is 2. The van der Waals surface area contributed by atoms with Gasteiger partial charge in [-0.05, 0) is 6.42 Å². The van der Waals surface area contributed by atoms with Crippen LogP contribution in [0.3, 0.4) is 0 Å². The summed E-state index contributed by atoms with van der Waals surface area (Å²) in [5.41, 5.74) is 10.6. The SMILES string of the molecule is CC.CC.CO[C@H]1[C@H](OC)C(F)[C@H](NC(=O)C(O)C(F)(F)CN)C[C@@H]1N. The van der Waals surface area contributed by atoms with Gasteiger partial charge in [0.2, 0.25) is 0 Å². The molecular formula is C16H34F3N3O4. The van der Waals surface area contributed by atoms with Crippen LogP contribution in [0.2, 0.25) is 0 Å². The Kier molecular flexibility index (Phi) is 13.9. The lowest BCUT2D eigenvalue weighted by molar-refractivity contribution is -0.156. The van der Waals surface area contributed by atoms with Gasteiger partial charge in [0.25, 0.3) is 11.8 Å². The quantitative estimate of drug-likeness (QED) is 0.527. The van der Waals surface area contributed by atoms with Gasteiger partial charge in [-0.2, -0.15) is 0 Å². The number of hydrogen-bond acceptors (Lipinski definition) is 6. The molecule has 0 saturated heterocycles. The molecule has 0 spiro atoms. The third kappa shape index (κ3) is 6.99. The highest BCUT2D eigenvalue weighted by atomic mass is 19.3. The van der Waals surface area contributed by atoms with Crippen molar-refractivity contribution in [2.45, 2.75) is 76.6 Å². The molecule has 6 atom stereocenters. The van der Waals surface area contributed by atoms with Crippen LogP contribution in [-0.4, -0.2) is 74.3 Å². The summed E-state index contributed by atoms with van der Waals surface area (Å²) in [4.78, 5) is 11.6. The van der Waals surface area contributed by atoms with Gasteiger partial charge in [0.15, 0.2) is 6.10 Å². The standard InChI is InChI=1S/C12H22F3N3O4.2C2H6/c1-21-8-5(17)3-6(7(13)9(8)22-2)18-11(20)10(19)12(14,15)4-16;2*1-2/h5-10,19H,3-4,16-17H2,1-2H3,(H,18,20);2*1-2H3/t5-,6+,7?,8+,9+,10?;;/m0../s1.